The molecule has 0 aliphatic rings. The van der Waals surface area contributed by atoms with Gasteiger partial charge in [0.2, 0.25) is 11.3 Å². The number of nitrogens with zero attached hydrogens (tertiary/aromatic N) is 1. The first-order valence-corrected chi connectivity index (χ1v) is 7.30. The van der Waals surface area contributed by atoms with Crippen LogP contribution in [0, 0.1) is 0 Å². The lowest BCUT2D eigenvalue weighted by Crippen LogP contribution is -2.45. The van der Waals surface area contributed by atoms with E-state index in [1.165, 1.54) is 11.1 Å². The number of amides is 2. The fourth-order valence-electron chi connectivity index (χ4n) is 2.12. The van der Waals surface area contributed by atoms with Crippen LogP contribution in [0.1, 0.15) is 17.3 Å². The van der Waals surface area contributed by atoms with E-state index < -0.39 is 5.91 Å². The SMILES string of the molecule is CC(CN)N(C)C(=O)CNC(=O)c1c[nH]c2ccccc2c1=O. The molecular formula is C16H20N4O3. The molecule has 1 aromatic heterocycles. The second kappa shape index (κ2) is 7.06. The largest absolute Gasteiger partial charge is 0.360 e. The van der Waals surface area contributed by atoms with Crippen molar-refractivity contribution in [2.75, 3.05) is 20.1 Å². The molecular weight excluding hydrogens is 296 g/mol. The van der Waals surface area contributed by atoms with E-state index in [-0.39, 0.29) is 29.5 Å². The molecule has 2 rings (SSSR count). The molecule has 0 saturated carbocycles. The van der Waals surface area contributed by atoms with Crippen LogP contribution >= 0.6 is 0 Å². The van der Waals surface area contributed by atoms with Gasteiger partial charge in [0.15, 0.2) is 0 Å². The third kappa shape index (κ3) is 3.57. The fraction of sp³-hybridized carbons (Fsp3) is 0.312. The number of aromatic nitrogens is 1. The van der Waals surface area contributed by atoms with Gasteiger partial charge in [0.25, 0.3) is 5.91 Å². The zero-order chi connectivity index (χ0) is 17.0. The molecule has 0 aliphatic carbocycles. The van der Waals surface area contributed by atoms with Crippen molar-refractivity contribution < 1.29 is 9.59 Å². The first kappa shape index (κ1) is 16.7. The molecule has 0 spiro atoms. The number of likely N-dealkylation sites (N-methyl/N-ethyl adjacent to an activating group) is 1. The number of hydrogen-bond donors (Lipinski definition) is 3. The van der Waals surface area contributed by atoms with Gasteiger partial charge >= 0.3 is 0 Å². The van der Waals surface area contributed by atoms with E-state index in [1.807, 2.05) is 6.92 Å². The van der Waals surface area contributed by atoms with Crippen molar-refractivity contribution in [1.82, 2.24) is 15.2 Å². The summed E-state index contributed by atoms with van der Waals surface area (Å²) < 4.78 is 0. The van der Waals surface area contributed by atoms with E-state index in [4.69, 9.17) is 5.73 Å². The minimum absolute atomic E-state index is 0.0222. The van der Waals surface area contributed by atoms with Crippen molar-refractivity contribution in [3.63, 3.8) is 0 Å². The number of carbonyl (C=O) groups excluding carboxylic acids is 2. The summed E-state index contributed by atoms with van der Waals surface area (Å²) in [5.41, 5.74) is 5.77. The first-order valence-electron chi connectivity index (χ1n) is 7.30. The maximum absolute atomic E-state index is 12.3. The summed E-state index contributed by atoms with van der Waals surface area (Å²) in [5.74, 6) is -0.854. The fourth-order valence-corrected chi connectivity index (χ4v) is 2.12. The van der Waals surface area contributed by atoms with Crippen LogP contribution in [0.5, 0.6) is 0 Å². The predicted molar refractivity (Wildman–Crippen MR) is 88.2 cm³/mol. The van der Waals surface area contributed by atoms with E-state index in [0.29, 0.717) is 17.4 Å². The monoisotopic (exact) mass is 316 g/mol. The van der Waals surface area contributed by atoms with E-state index in [0.717, 1.165) is 0 Å². The molecule has 122 valence electrons. The summed E-state index contributed by atoms with van der Waals surface area (Å²) in [6.45, 7) is 1.96. The van der Waals surface area contributed by atoms with Crippen LogP contribution in [0.2, 0.25) is 0 Å². The van der Waals surface area contributed by atoms with Gasteiger partial charge in [-0.1, -0.05) is 12.1 Å². The Labute approximate surface area is 133 Å². The average Bonchev–Trinajstić information content (AvgIpc) is 2.58. The van der Waals surface area contributed by atoms with Crippen molar-refractivity contribution in [1.29, 1.82) is 0 Å². The van der Waals surface area contributed by atoms with Crippen LogP contribution in [-0.2, 0) is 4.79 Å². The Kier molecular flexibility index (Phi) is 5.13. The van der Waals surface area contributed by atoms with Gasteiger partial charge in [-0.05, 0) is 19.1 Å². The third-order valence-electron chi connectivity index (χ3n) is 3.83. The van der Waals surface area contributed by atoms with Gasteiger partial charge in [-0.3, -0.25) is 14.4 Å². The maximum atomic E-state index is 12.3. The minimum Gasteiger partial charge on any atom is -0.360 e. The number of rotatable bonds is 5. The summed E-state index contributed by atoms with van der Waals surface area (Å²) in [6, 6.07) is 6.80. The normalized spacial score (nSPS) is 12.0. The topological polar surface area (TPSA) is 108 Å². The lowest BCUT2D eigenvalue weighted by atomic mass is 10.1. The number of hydrogen-bond acceptors (Lipinski definition) is 4. The lowest BCUT2D eigenvalue weighted by molar-refractivity contribution is -0.130. The van der Waals surface area contributed by atoms with Gasteiger partial charge in [-0.25, -0.2) is 0 Å². The molecule has 2 amide bonds. The second-order valence-electron chi connectivity index (χ2n) is 5.35. The summed E-state index contributed by atoms with van der Waals surface area (Å²) in [6.07, 6.45) is 1.36. The van der Waals surface area contributed by atoms with Crippen LogP contribution in [-0.4, -0.2) is 47.9 Å². The number of pyridine rings is 1. The van der Waals surface area contributed by atoms with Gasteiger partial charge in [-0.15, -0.1) is 0 Å². The number of nitrogens with one attached hydrogen (secondary N) is 2. The molecule has 0 bridgehead atoms. The molecule has 1 unspecified atom stereocenters. The van der Waals surface area contributed by atoms with Crippen molar-refractivity contribution in [2.24, 2.45) is 5.73 Å². The molecule has 0 aliphatic heterocycles. The number of H-pyrrole nitrogens is 1. The van der Waals surface area contributed by atoms with Crippen molar-refractivity contribution in [3.05, 3.63) is 46.2 Å². The molecule has 2 aromatic rings. The second-order valence-corrected chi connectivity index (χ2v) is 5.35. The number of carbonyl (C=O) groups is 2. The number of para-hydroxylation sites is 1. The summed E-state index contributed by atoms with van der Waals surface area (Å²) in [4.78, 5) is 40.8. The highest BCUT2D eigenvalue weighted by Gasteiger charge is 2.17. The molecule has 1 atom stereocenters. The highest BCUT2D eigenvalue weighted by Crippen LogP contribution is 2.06. The van der Waals surface area contributed by atoms with E-state index in [2.05, 4.69) is 10.3 Å². The Hall–Kier alpha value is -2.67. The summed E-state index contributed by atoms with van der Waals surface area (Å²) in [7, 11) is 1.62. The maximum Gasteiger partial charge on any atom is 0.257 e. The quantitative estimate of drug-likeness (QED) is 0.725. The molecule has 1 heterocycles. The smallest absolute Gasteiger partial charge is 0.257 e. The van der Waals surface area contributed by atoms with Crippen LogP contribution in [0.15, 0.2) is 35.3 Å². The third-order valence-corrected chi connectivity index (χ3v) is 3.83. The number of aromatic amines is 1. The van der Waals surface area contributed by atoms with Crippen molar-refractivity contribution >= 4 is 22.7 Å². The molecule has 7 heteroatoms. The molecule has 1 aromatic carbocycles. The Morgan fingerprint density at radius 2 is 2.04 bits per heavy atom. The van der Waals surface area contributed by atoms with Gasteiger partial charge in [0, 0.05) is 36.7 Å². The van der Waals surface area contributed by atoms with E-state index in [1.54, 1.807) is 31.3 Å². The number of nitrogens with two attached hydrogens (primary N) is 1. The van der Waals surface area contributed by atoms with Crippen LogP contribution in [0.3, 0.4) is 0 Å². The Morgan fingerprint density at radius 3 is 2.74 bits per heavy atom. The summed E-state index contributed by atoms with van der Waals surface area (Å²) in [5, 5.41) is 2.90. The molecule has 0 fully saturated rings. The number of fused-ring (bicyclic) bond motifs is 1. The Morgan fingerprint density at radius 1 is 1.35 bits per heavy atom. The Bertz CT molecular complexity index is 784. The molecule has 4 N–H and O–H groups in total. The number of benzene rings is 1. The first-order chi connectivity index (χ1) is 11.0. The Balaban J connectivity index is 2.11. The van der Waals surface area contributed by atoms with Crippen LogP contribution in [0.25, 0.3) is 10.9 Å². The minimum atomic E-state index is -0.584. The highest BCUT2D eigenvalue weighted by atomic mass is 16.2. The zero-order valence-electron chi connectivity index (χ0n) is 13.1. The lowest BCUT2D eigenvalue weighted by Gasteiger charge is -2.23. The van der Waals surface area contributed by atoms with Crippen molar-refractivity contribution in [2.45, 2.75) is 13.0 Å². The molecule has 0 saturated heterocycles. The van der Waals surface area contributed by atoms with E-state index in [9.17, 15) is 14.4 Å². The van der Waals surface area contributed by atoms with Crippen LogP contribution < -0.4 is 16.5 Å². The zero-order valence-corrected chi connectivity index (χ0v) is 13.1. The molecule has 23 heavy (non-hydrogen) atoms. The van der Waals surface area contributed by atoms with Gasteiger partial charge < -0.3 is 20.9 Å². The standard InChI is InChI=1S/C16H20N4O3/c1-10(7-17)20(2)14(21)9-19-16(23)12-8-18-13-6-4-3-5-11(13)15(12)22/h3-6,8,10H,7,9,17H2,1-2H3,(H,18,22)(H,19,23). The van der Waals surface area contributed by atoms with Gasteiger partial charge in [-0.2, -0.15) is 0 Å². The van der Waals surface area contributed by atoms with Gasteiger partial charge in [0.05, 0.1) is 6.54 Å². The summed E-state index contributed by atoms with van der Waals surface area (Å²) >= 11 is 0. The van der Waals surface area contributed by atoms with Crippen LogP contribution in [0.4, 0.5) is 0 Å². The predicted octanol–water partition coefficient (Wildman–Crippen LogP) is 0.0635. The highest BCUT2D eigenvalue weighted by molar-refractivity contribution is 5.98. The molecule has 7 nitrogen and oxygen atoms in total. The van der Waals surface area contributed by atoms with Crippen molar-refractivity contribution in [3.8, 4) is 0 Å². The average molecular weight is 316 g/mol. The molecule has 0 radical (unpaired) electrons. The van der Waals surface area contributed by atoms with Gasteiger partial charge in [0.1, 0.15) is 5.56 Å². The van der Waals surface area contributed by atoms with E-state index >= 15 is 0 Å².